The maximum Gasteiger partial charge on any atom is 0.335 e. The number of carbonyl (C=O) groups is 3. The van der Waals surface area contributed by atoms with E-state index in [2.05, 4.69) is 10.3 Å². The van der Waals surface area contributed by atoms with E-state index in [1.165, 1.54) is 42.7 Å². The van der Waals surface area contributed by atoms with Gasteiger partial charge >= 0.3 is 11.9 Å². The molecule has 9 nitrogen and oxygen atoms in total. The molecule has 4 rings (SSSR count). The van der Waals surface area contributed by atoms with E-state index in [0.717, 1.165) is 0 Å². The minimum absolute atomic E-state index is 0.0103. The van der Waals surface area contributed by atoms with Gasteiger partial charge in [0, 0.05) is 12.1 Å². The number of aliphatic imine (C=N–C) groups is 1. The van der Waals surface area contributed by atoms with E-state index < -0.39 is 17.8 Å². The van der Waals surface area contributed by atoms with Crippen molar-refractivity contribution in [3.8, 4) is 11.5 Å². The van der Waals surface area contributed by atoms with Crippen LogP contribution < -0.4 is 14.8 Å². The molecule has 156 valence electrons. The van der Waals surface area contributed by atoms with Crippen LogP contribution in [0, 0.1) is 0 Å². The minimum Gasteiger partial charge on any atom is -0.478 e. The molecule has 1 aromatic heterocycles. The largest absolute Gasteiger partial charge is 0.478 e. The average Bonchev–Trinajstić information content (AvgIpc) is 3.45. The monoisotopic (exact) mass is 420 g/mol. The van der Waals surface area contributed by atoms with Gasteiger partial charge < -0.3 is 24.3 Å². The van der Waals surface area contributed by atoms with Crippen LogP contribution in [0.2, 0.25) is 0 Å². The van der Waals surface area contributed by atoms with Crippen molar-refractivity contribution in [2.24, 2.45) is 4.99 Å². The second-order valence-corrected chi connectivity index (χ2v) is 6.55. The number of carboxylic acid groups (broad SMARTS) is 1. The van der Waals surface area contributed by atoms with Crippen LogP contribution in [0.15, 0.2) is 70.3 Å². The number of rotatable bonds is 6. The minimum atomic E-state index is -1.13. The molecular formula is C22H16N2O7. The second-order valence-electron chi connectivity index (χ2n) is 6.55. The van der Waals surface area contributed by atoms with Gasteiger partial charge in [0.05, 0.1) is 11.8 Å². The highest BCUT2D eigenvalue weighted by molar-refractivity contribution is 6.45. The summed E-state index contributed by atoms with van der Waals surface area (Å²) >= 11 is 0. The molecule has 0 atom stereocenters. The number of furan rings is 1. The predicted molar refractivity (Wildman–Crippen MR) is 109 cm³/mol. The fourth-order valence-electron chi connectivity index (χ4n) is 2.93. The van der Waals surface area contributed by atoms with E-state index in [1.807, 2.05) is 0 Å². The SMILES string of the molecule is O=C(Nc1cccc(C(=O)O)c1)C(Cc1ccc2c(c1)OCO2)=NC(=O)c1ccco1. The number of carboxylic acids is 1. The third-order valence-corrected chi connectivity index (χ3v) is 4.41. The van der Waals surface area contributed by atoms with Gasteiger partial charge in [0.15, 0.2) is 17.3 Å². The Morgan fingerprint density at radius 2 is 1.84 bits per heavy atom. The number of amides is 2. The first-order valence-electron chi connectivity index (χ1n) is 9.18. The lowest BCUT2D eigenvalue weighted by Gasteiger charge is -2.09. The van der Waals surface area contributed by atoms with Crippen molar-refractivity contribution in [3.05, 3.63) is 77.7 Å². The van der Waals surface area contributed by atoms with Crippen LogP contribution in [0.25, 0.3) is 0 Å². The normalized spacial score (nSPS) is 12.5. The lowest BCUT2D eigenvalue weighted by molar-refractivity contribution is -0.110. The topological polar surface area (TPSA) is 127 Å². The molecule has 0 radical (unpaired) electrons. The lowest BCUT2D eigenvalue weighted by Crippen LogP contribution is -2.26. The van der Waals surface area contributed by atoms with Crippen molar-refractivity contribution in [1.82, 2.24) is 0 Å². The van der Waals surface area contributed by atoms with Gasteiger partial charge in [-0.2, -0.15) is 0 Å². The summed E-state index contributed by atoms with van der Waals surface area (Å²) < 4.78 is 15.7. The maximum atomic E-state index is 12.9. The summed E-state index contributed by atoms with van der Waals surface area (Å²) in [7, 11) is 0. The van der Waals surface area contributed by atoms with E-state index in [4.69, 9.17) is 19.0 Å². The molecule has 31 heavy (non-hydrogen) atoms. The highest BCUT2D eigenvalue weighted by Gasteiger charge is 2.20. The first-order valence-corrected chi connectivity index (χ1v) is 9.18. The van der Waals surface area contributed by atoms with Crippen LogP contribution in [0.1, 0.15) is 26.5 Å². The van der Waals surface area contributed by atoms with Crippen molar-refractivity contribution in [2.75, 3.05) is 12.1 Å². The predicted octanol–water partition coefficient (Wildman–Crippen LogP) is 3.17. The average molecular weight is 420 g/mol. The molecule has 0 spiro atoms. The Hall–Kier alpha value is -4.40. The Bertz CT molecular complexity index is 1180. The summed E-state index contributed by atoms with van der Waals surface area (Å²) in [5.41, 5.74) is 0.859. The molecule has 3 aromatic rings. The van der Waals surface area contributed by atoms with Crippen molar-refractivity contribution in [2.45, 2.75) is 6.42 Å². The van der Waals surface area contributed by atoms with Gasteiger partial charge in [-0.15, -0.1) is 0 Å². The van der Waals surface area contributed by atoms with Gasteiger partial charge in [-0.05, 0) is 48.0 Å². The van der Waals surface area contributed by atoms with Gasteiger partial charge in [0.1, 0.15) is 5.71 Å². The summed E-state index contributed by atoms with van der Waals surface area (Å²) in [5.74, 6) is -1.38. The second kappa shape index (κ2) is 8.54. The summed E-state index contributed by atoms with van der Waals surface area (Å²) in [6.45, 7) is 0.108. The summed E-state index contributed by atoms with van der Waals surface area (Å²) in [4.78, 5) is 40.4. The zero-order valence-corrected chi connectivity index (χ0v) is 16.0. The third kappa shape index (κ3) is 4.61. The number of fused-ring (bicyclic) bond motifs is 1. The van der Waals surface area contributed by atoms with Crippen LogP contribution in [0.4, 0.5) is 5.69 Å². The number of aromatic carboxylic acids is 1. The van der Waals surface area contributed by atoms with E-state index in [9.17, 15) is 14.4 Å². The maximum absolute atomic E-state index is 12.9. The van der Waals surface area contributed by atoms with Gasteiger partial charge in [-0.1, -0.05) is 12.1 Å². The molecule has 0 saturated carbocycles. The molecule has 2 heterocycles. The molecule has 1 aliphatic heterocycles. The van der Waals surface area contributed by atoms with Gasteiger partial charge in [0.25, 0.3) is 5.91 Å². The molecule has 0 unspecified atom stereocenters. The summed E-state index contributed by atoms with van der Waals surface area (Å²) in [6.07, 6.45) is 1.35. The van der Waals surface area contributed by atoms with Crippen molar-refractivity contribution >= 4 is 29.2 Å². The fraction of sp³-hybridized carbons (Fsp3) is 0.0909. The number of carbonyl (C=O) groups excluding carboxylic acids is 2. The number of benzene rings is 2. The molecule has 2 aromatic carbocycles. The lowest BCUT2D eigenvalue weighted by atomic mass is 10.1. The molecular weight excluding hydrogens is 404 g/mol. The number of hydrogen-bond donors (Lipinski definition) is 2. The Balaban J connectivity index is 1.61. The van der Waals surface area contributed by atoms with Gasteiger partial charge in [-0.25, -0.2) is 9.79 Å². The fourth-order valence-corrected chi connectivity index (χ4v) is 2.93. The molecule has 9 heteroatoms. The highest BCUT2D eigenvalue weighted by Crippen LogP contribution is 2.32. The number of ether oxygens (including phenoxy) is 2. The molecule has 0 fully saturated rings. The van der Waals surface area contributed by atoms with Gasteiger partial charge in [0.2, 0.25) is 6.79 Å². The first kappa shape index (κ1) is 19.9. The van der Waals surface area contributed by atoms with Crippen LogP contribution in [-0.2, 0) is 11.2 Å². The number of nitrogens with zero attached hydrogens (tertiary/aromatic N) is 1. The molecule has 1 aliphatic rings. The van der Waals surface area contributed by atoms with Crippen molar-refractivity contribution in [1.29, 1.82) is 0 Å². The Labute approximate surface area is 175 Å². The summed E-state index contributed by atoms with van der Waals surface area (Å²) in [5, 5.41) is 11.7. The van der Waals surface area contributed by atoms with E-state index in [-0.39, 0.29) is 35.9 Å². The summed E-state index contributed by atoms with van der Waals surface area (Å²) in [6, 6.07) is 13.9. The molecule has 2 N–H and O–H groups in total. The molecule has 0 bridgehead atoms. The number of nitrogens with one attached hydrogen (secondary N) is 1. The third-order valence-electron chi connectivity index (χ3n) is 4.41. The van der Waals surface area contributed by atoms with Crippen LogP contribution in [-0.4, -0.2) is 35.4 Å². The Kier molecular flexibility index (Phi) is 5.48. The van der Waals surface area contributed by atoms with Crippen LogP contribution >= 0.6 is 0 Å². The zero-order valence-electron chi connectivity index (χ0n) is 16.0. The van der Waals surface area contributed by atoms with Crippen molar-refractivity contribution < 1.29 is 33.4 Å². The first-order chi connectivity index (χ1) is 15.0. The zero-order chi connectivity index (χ0) is 21.8. The number of hydrogen-bond acceptors (Lipinski definition) is 6. The quantitative estimate of drug-likeness (QED) is 0.586. The Morgan fingerprint density at radius 3 is 2.61 bits per heavy atom. The number of anilines is 1. The molecule has 2 amide bonds. The Morgan fingerprint density at radius 1 is 1.00 bits per heavy atom. The molecule has 0 aliphatic carbocycles. The van der Waals surface area contributed by atoms with Crippen LogP contribution in [0.5, 0.6) is 11.5 Å². The smallest absolute Gasteiger partial charge is 0.335 e. The van der Waals surface area contributed by atoms with Crippen molar-refractivity contribution in [3.63, 3.8) is 0 Å². The van der Waals surface area contributed by atoms with E-state index >= 15 is 0 Å². The van der Waals surface area contributed by atoms with E-state index in [0.29, 0.717) is 17.1 Å². The van der Waals surface area contributed by atoms with Crippen LogP contribution in [0.3, 0.4) is 0 Å². The van der Waals surface area contributed by atoms with E-state index in [1.54, 1.807) is 18.2 Å². The van der Waals surface area contributed by atoms with Gasteiger partial charge in [-0.3, -0.25) is 9.59 Å². The molecule has 0 saturated heterocycles. The highest BCUT2D eigenvalue weighted by atomic mass is 16.7. The standard InChI is InChI=1S/C22H16N2O7/c25-20(23-15-4-1-3-14(11-15)22(27)28)16(24-21(26)18-5-2-8-29-18)9-13-6-7-17-19(10-13)31-12-30-17/h1-8,10-11H,9,12H2,(H,23,25)(H,27,28).